The highest BCUT2D eigenvalue weighted by Crippen LogP contribution is 2.35. The largest absolute Gasteiger partial charge is 0.692 e. The summed E-state index contributed by atoms with van der Waals surface area (Å²) in [7, 11) is -2.06. The van der Waals surface area contributed by atoms with Gasteiger partial charge in [0, 0.05) is 4.57 Å². The molecule has 0 heterocycles. The first-order valence-electron chi connectivity index (χ1n) is 5.98. The Hall–Kier alpha value is -0.960. The Kier molecular flexibility index (Phi) is 5.27. The molecule has 5 heteroatoms. The molecule has 0 aromatic heterocycles. The van der Waals surface area contributed by atoms with Crippen molar-refractivity contribution in [3.05, 3.63) is 30.3 Å². The normalized spacial score (nSPS) is 12.9. The van der Waals surface area contributed by atoms with Crippen LogP contribution < -0.4 is 4.52 Å². The van der Waals surface area contributed by atoms with Gasteiger partial charge in [0.25, 0.3) is 0 Å². The number of hydroxylamine groups is 1. The Morgan fingerprint density at radius 3 is 2.17 bits per heavy atom. The van der Waals surface area contributed by atoms with Gasteiger partial charge in [-0.3, -0.25) is 0 Å². The SMILES string of the molecule is CC(C)N(OC(C)(C)C)[P+](=O)Oc1ccccc1. The highest BCUT2D eigenvalue weighted by Gasteiger charge is 2.39. The van der Waals surface area contributed by atoms with Gasteiger partial charge in [-0.05, 0) is 46.8 Å². The van der Waals surface area contributed by atoms with E-state index in [2.05, 4.69) is 0 Å². The first-order valence-corrected chi connectivity index (χ1v) is 7.11. The highest BCUT2D eigenvalue weighted by molar-refractivity contribution is 7.36. The van der Waals surface area contributed by atoms with Gasteiger partial charge in [-0.25, -0.2) is 9.36 Å². The highest BCUT2D eigenvalue weighted by atomic mass is 31.1. The van der Waals surface area contributed by atoms with Crippen molar-refractivity contribution in [2.75, 3.05) is 0 Å². The lowest BCUT2D eigenvalue weighted by molar-refractivity contribution is -0.187. The topological polar surface area (TPSA) is 38.8 Å². The van der Waals surface area contributed by atoms with Crippen LogP contribution in [0.2, 0.25) is 0 Å². The molecular formula is C13H21NO3P+. The molecular weight excluding hydrogens is 249 g/mol. The molecule has 0 N–H and O–H groups in total. The van der Waals surface area contributed by atoms with Crippen LogP contribution >= 0.6 is 8.18 Å². The van der Waals surface area contributed by atoms with Crippen molar-refractivity contribution in [1.29, 1.82) is 0 Å². The van der Waals surface area contributed by atoms with Crippen molar-refractivity contribution in [2.45, 2.75) is 46.3 Å². The van der Waals surface area contributed by atoms with E-state index in [0.717, 1.165) is 0 Å². The van der Waals surface area contributed by atoms with E-state index < -0.39 is 13.8 Å². The van der Waals surface area contributed by atoms with Crippen molar-refractivity contribution < 1.29 is 13.9 Å². The molecule has 0 spiro atoms. The molecule has 0 aliphatic rings. The molecule has 1 rings (SSSR count). The van der Waals surface area contributed by atoms with Gasteiger partial charge in [-0.2, -0.15) is 0 Å². The quantitative estimate of drug-likeness (QED) is 0.594. The third-order valence-electron chi connectivity index (χ3n) is 1.90. The summed E-state index contributed by atoms with van der Waals surface area (Å²) < 4.78 is 17.6. The van der Waals surface area contributed by atoms with Crippen LogP contribution in [0.3, 0.4) is 0 Å². The van der Waals surface area contributed by atoms with E-state index in [4.69, 9.17) is 9.36 Å². The van der Waals surface area contributed by atoms with Crippen LogP contribution in [0.25, 0.3) is 0 Å². The monoisotopic (exact) mass is 270 g/mol. The second-order valence-corrected chi connectivity index (χ2v) is 6.29. The average molecular weight is 270 g/mol. The molecule has 1 unspecified atom stereocenters. The summed E-state index contributed by atoms with van der Waals surface area (Å²) in [5, 5.41) is 0. The van der Waals surface area contributed by atoms with Crippen LogP contribution in [0.15, 0.2) is 30.3 Å². The second kappa shape index (κ2) is 6.28. The van der Waals surface area contributed by atoms with Crippen molar-refractivity contribution >= 4 is 8.18 Å². The van der Waals surface area contributed by atoms with Gasteiger partial charge < -0.3 is 0 Å². The van der Waals surface area contributed by atoms with Crippen molar-refractivity contribution in [3.63, 3.8) is 0 Å². The van der Waals surface area contributed by atoms with E-state index >= 15 is 0 Å². The maximum absolute atomic E-state index is 12.2. The Morgan fingerprint density at radius 2 is 1.72 bits per heavy atom. The molecule has 0 bridgehead atoms. The van der Waals surface area contributed by atoms with Crippen LogP contribution in [0.1, 0.15) is 34.6 Å². The summed E-state index contributed by atoms with van der Waals surface area (Å²) in [4.78, 5) is 7.06. The van der Waals surface area contributed by atoms with Crippen molar-refractivity contribution in [2.24, 2.45) is 0 Å². The average Bonchev–Trinajstić information content (AvgIpc) is 2.25. The van der Waals surface area contributed by atoms with Gasteiger partial charge in [0.2, 0.25) is 0 Å². The summed E-state index contributed by atoms with van der Waals surface area (Å²) in [5.41, 5.74) is -0.407. The second-order valence-electron chi connectivity index (χ2n) is 5.24. The van der Waals surface area contributed by atoms with Gasteiger partial charge in [0.1, 0.15) is 0 Å². The number of benzene rings is 1. The smallest absolute Gasteiger partial charge is 0.250 e. The Labute approximate surface area is 110 Å². The minimum atomic E-state index is -2.06. The van der Waals surface area contributed by atoms with Crippen LogP contribution in [-0.2, 0) is 9.40 Å². The summed E-state index contributed by atoms with van der Waals surface area (Å²) in [6.45, 7) is 9.55. The number of nitrogens with zero attached hydrogens (tertiary/aromatic N) is 1. The van der Waals surface area contributed by atoms with Gasteiger partial charge in [-0.15, -0.1) is 0 Å². The van der Waals surface area contributed by atoms with E-state index in [1.807, 2.05) is 52.8 Å². The van der Waals surface area contributed by atoms with Crippen molar-refractivity contribution in [1.82, 2.24) is 4.83 Å². The first-order chi connectivity index (χ1) is 8.29. The van der Waals surface area contributed by atoms with Crippen molar-refractivity contribution in [3.8, 4) is 5.75 Å². The van der Waals surface area contributed by atoms with E-state index in [-0.39, 0.29) is 6.04 Å². The third-order valence-corrected chi connectivity index (χ3v) is 3.13. The predicted molar refractivity (Wildman–Crippen MR) is 72.5 cm³/mol. The number of hydrogen-bond acceptors (Lipinski definition) is 3. The first kappa shape index (κ1) is 15.1. The molecule has 100 valence electrons. The molecule has 0 saturated carbocycles. The minimum Gasteiger partial charge on any atom is -0.250 e. The van der Waals surface area contributed by atoms with Gasteiger partial charge in [0.05, 0.1) is 16.5 Å². The van der Waals surface area contributed by atoms with E-state index in [1.54, 1.807) is 12.1 Å². The van der Waals surface area contributed by atoms with Crippen LogP contribution in [0, 0.1) is 0 Å². The molecule has 4 nitrogen and oxygen atoms in total. The Bertz CT molecular complexity index is 387. The maximum atomic E-state index is 12.2. The zero-order valence-electron chi connectivity index (χ0n) is 11.6. The lowest BCUT2D eigenvalue weighted by Crippen LogP contribution is -2.34. The van der Waals surface area contributed by atoms with E-state index in [0.29, 0.717) is 5.75 Å². The number of hydrogen-bond donors (Lipinski definition) is 0. The molecule has 1 aromatic rings. The molecule has 1 atom stereocenters. The molecule has 0 aliphatic heterocycles. The summed E-state index contributed by atoms with van der Waals surface area (Å²) in [6, 6.07) is 9.06. The molecule has 0 saturated heterocycles. The van der Waals surface area contributed by atoms with Gasteiger partial charge in [-0.1, -0.05) is 18.2 Å². The van der Waals surface area contributed by atoms with Gasteiger partial charge in [0.15, 0.2) is 5.75 Å². The molecule has 18 heavy (non-hydrogen) atoms. The minimum absolute atomic E-state index is 0.0310. The van der Waals surface area contributed by atoms with E-state index in [1.165, 1.54) is 4.83 Å². The summed E-state index contributed by atoms with van der Waals surface area (Å²) in [6.07, 6.45) is 0. The summed E-state index contributed by atoms with van der Waals surface area (Å²) >= 11 is 0. The number of rotatable bonds is 5. The fraction of sp³-hybridized carbons (Fsp3) is 0.538. The predicted octanol–water partition coefficient (Wildman–Crippen LogP) is 4.16. The fourth-order valence-electron chi connectivity index (χ4n) is 1.22. The molecule has 1 aromatic carbocycles. The van der Waals surface area contributed by atoms with Gasteiger partial charge >= 0.3 is 8.18 Å². The summed E-state index contributed by atoms with van der Waals surface area (Å²) in [5.74, 6) is 0.571. The Balaban J connectivity index is 2.72. The lowest BCUT2D eigenvalue weighted by atomic mass is 10.2. The lowest BCUT2D eigenvalue weighted by Gasteiger charge is -2.23. The van der Waals surface area contributed by atoms with Crippen LogP contribution in [-0.4, -0.2) is 16.5 Å². The third kappa shape index (κ3) is 5.13. The molecule has 0 radical (unpaired) electrons. The molecule has 0 aliphatic carbocycles. The number of para-hydroxylation sites is 1. The maximum Gasteiger partial charge on any atom is 0.692 e. The van der Waals surface area contributed by atoms with Crippen LogP contribution in [0.4, 0.5) is 0 Å². The van der Waals surface area contributed by atoms with E-state index in [9.17, 15) is 4.57 Å². The van der Waals surface area contributed by atoms with Crippen LogP contribution in [0.5, 0.6) is 5.75 Å². The molecule has 0 amide bonds. The zero-order valence-corrected chi connectivity index (χ0v) is 12.5. The fourth-order valence-corrected chi connectivity index (χ4v) is 2.29. The Morgan fingerprint density at radius 1 is 1.17 bits per heavy atom. The standard InChI is InChI=1S/C13H21NO3P/c1-11(2)14(17-13(3,4)5)18(15)16-12-9-7-6-8-10-12/h6-11H,1-5H3/q+1. The zero-order chi connectivity index (χ0) is 13.8. The molecule has 0 fully saturated rings.